The van der Waals surface area contributed by atoms with Gasteiger partial charge in [-0.15, -0.1) is 22.7 Å². The third-order valence-corrected chi connectivity index (χ3v) is 19.2. The van der Waals surface area contributed by atoms with Crippen molar-refractivity contribution in [2.45, 2.75) is 136 Å². The molecule has 0 saturated carbocycles. The highest BCUT2D eigenvalue weighted by Crippen LogP contribution is 2.36. The van der Waals surface area contributed by atoms with Crippen molar-refractivity contribution >= 4 is 95.7 Å². The highest BCUT2D eigenvalue weighted by atomic mass is 35.5. The third kappa shape index (κ3) is 15.4. The van der Waals surface area contributed by atoms with Crippen molar-refractivity contribution in [3.63, 3.8) is 0 Å². The predicted molar refractivity (Wildman–Crippen MR) is 342 cm³/mol. The number of para-hydroxylation sites is 1. The normalized spacial score (nSPS) is 15.7. The summed E-state index contributed by atoms with van der Waals surface area (Å²) in [6.07, 6.45) is 9.90. The summed E-state index contributed by atoms with van der Waals surface area (Å²) in [6, 6.07) is 24.7. The number of carboxylic acids is 1. The number of amides is 4. The summed E-state index contributed by atoms with van der Waals surface area (Å²) in [5.74, 6) is -1.29. The molecule has 0 aliphatic carbocycles. The molecule has 8 aromatic rings. The summed E-state index contributed by atoms with van der Waals surface area (Å²) in [4.78, 5) is 95.2. The number of unbranched alkanes of at least 4 members (excludes halogenated alkanes) is 4. The number of rotatable bonds is 24. The number of halogens is 1. The van der Waals surface area contributed by atoms with E-state index in [4.69, 9.17) is 16.3 Å². The van der Waals surface area contributed by atoms with Crippen LogP contribution in [0.5, 0.6) is 5.75 Å². The van der Waals surface area contributed by atoms with Crippen LogP contribution in [-0.2, 0) is 40.2 Å². The number of aromatic carboxylic acids is 1. The van der Waals surface area contributed by atoms with E-state index in [-0.39, 0.29) is 54.8 Å². The number of thiazole rings is 3. The van der Waals surface area contributed by atoms with E-state index >= 15 is 0 Å². The Morgan fingerprint density at radius 2 is 1.61 bits per heavy atom. The van der Waals surface area contributed by atoms with Gasteiger partial charge in [-0.1, -0.05) is 112 Å². The number of carbonyl (C=O) groups excluding carboxylic acids is 4. The average Bonchev–Trinajstić information content (AvgIpc) is 4.25. The van der Waals surface area contributed by atoms with Crippen molar-refractivity contribution in [2.75, 3.05) is 29.9 Å². The number of likely N-dealkylation sites (tertiary alicyclic amines) is 1. The summed E-state index contributed by atoms with van der Waals surface area (Å²) in [6.45, 7) is 10.8. The average molecular weight is 1250 g/mol. The van der Waals surface area contributed by atoms with Crippen molar-refractivity contribution in [3.05, 3.63) is 152 Å². The number of anilines is 2. The second-order valence-corrected chi connectivity index (χ2v) is 26.6. The van der Waals surface area contributed by atoms with Crippen molar-refractivity contribution in [1.29, 1.82) is 0 Å². The maximum Gasteiger partial charge on any atom is 0.355 e. The molecule has 4 aromatic heterocycles. The largest absolute Gasteiger partial charge is 0.492 e. The van der Waals surface area contributed by atoms with Crippen LogP contribution in [0.25, 0.3) is 32.0 Å². The van der Waals surface area contributed by atoms with Gasteiger partial charge in [-0.25, -0.2) is 29.7 Å². The van der Waals surface area contributed by atoms with E-state index in [0.29, 0.717) is 82.7 Å². The summed E-state index contributed by atoms with van der Waals surface area (Å²) in [7, 11) is 0. The lowest BCUT2D eigenvalue weighted by atomic mass is 9.85. The molecule has 4 aromatic carbocycles. The van der Waals surface area contributed by atoms with Crippen LogP contribution in [0.3, 0.4) is 0 Å². The lowest BCUT2D eigenvalue weighted by Crippen LogP contribution is -2.57. The van der Waals surface area contributed by atoms with Crippen LogP contribution in [0.2, 0.25) is 5.02 Å². The number of β-amino-alcohol motifs (C(OH)–C–C–N with tert-alkyl or cyclic N) is 1. The van der Waals surface area contributed by atoms with Gasteiger partial charge in [-0.3, -0.25) is 24.5 Å². The van der Waals surface area contributed by atoms with Crippen molar-refractivity contribution in [3.8, 4) is 27.6 Å². The van der Waals surface area contributed by atoms with Crippen LogP contribution < -0.4 is 25.6 Å². The zero-order chi connectivity index (χ0) is 61.4. The summed E-state index contributed by atoms with van der Waals surface area (Å²) >= 11 is 11.1. The molecule has 0 unspecified atom stereocenters. The maximum atomic E-state index is 14.2. The Morgan fingerprint density at radius 1 is 0.851 bits per heavy atom. The quantitative estimate of drug-likeness (QED) is 0.0354. The van der Waals surface area contributed by atoms with Gasteiger partial charge in [0.1, 0.15) is 17.8 Å². The molecular formula is C65H71ClN10O8S3. The maximum absolute atomic E-state index is 14.2. The van der Waals surface area contributed by atoms with E-state index in [1.165, 1.54) is 27.6 Å². The van der Waals surface area contributed by atoms with Gasteiger partial charge in [0.25, 0.3) is 5.91 Å². The highest BCUT2D eigenvalue weighted by molar-refractivity contribution is 7.22. The number of ether oxygens (including phenoxy) is 1. The standard InChI is InChI=1S/C65H71ClN10O8S3/c1-38(41-22-24-43(25-23-41)56-39(2)69-37-85-56)70-60(80)50-32-45(77)35-76(50)61(81)57(65(3,4)5)72-54(78)21-10-8-6-7-9-15-40-33-67-58(68-34-40)44-26-27-51(48(66)31-44)84-30-14-20-53-55(62(82)83)73-64(87-53)75-29-28-42-16-13-17-46(47(42)36-75)59(79)74-63-71-49-18-11-12-19-52(49)86-63/h11-13,16-19,22-27,31,33-34,37-38,45,50,57,77H,6-10,14-15,20-21,28-30,32,35-36H2,1-5H3,(H,70,80)(H,72,78)(H,82,83)(H,71,74,79)/t38-,45+,50-,57+/m0/s1. The van der Waals surface area contributed by atoms with Crippen molar-refractivity contribution in [2.24, 2.45) is 5.41 Å². The SMILES string of the molecule is Cc1ncsc1-c1ccc([C@H](C)NC(=O)[C@@H]2C[C@@H](O)CN2C(=O)[C@@H](NC(=O)CCCCCCCc2cnc(-c3ccc(OCCCc4sc(N5CCc6cccc(C(=O)Nc7nc8ccccc8s7)c6C5)nc4C(=O)O)c(Cl)c3)nc2)C(C)(C)C)cc1. The number of aliphatic hydroxyl groups excluding tert-OH is 1. The van der Waals surface area contributed by atoms with Crippen LogP contribution in [0, 0.1) is 12.3 Å². The minimum Gasteiger partial charge on any atom is -0.492 e. The first kappa shape index (κ1) is 62.4. The van der Waals surface area contributed by atoms with Gasteiger partial charge in [0.05, 0.1) is 50.1 Å². The van der Waals surface area contributed by atoms with Crippen molar-refractivity contribution in [1.82, 2.24) is 40.5 Å². The number of benzene rings is 4. The molecule has 2 aliphatic heterocycles. The number of carbonyl (C=O) groups is 5. The number of carboxylic acid groups (broad SMARTS) is 1. The van der Waals surface area contributed by atoms with E-state index in [0.717, 1.165) is 86.3 Å². The smallest absolute Gasteiger partial charge is 0.355 e. The van der Waals surface area contributed by atoms with E-state index in [1.807, 2.05) is 130 Å². The van der Waals surface area contributed by atoms with Crippen LogP contribution in [-0.4, -0.2) is 108 Å². The highest BCUT2D eigenvalue weighted by Gasteiger charge is 2.45. The van der Waals surface area contributed by atoms with E-state index < -0.39 is 29.6 Å². The molecule has 10 rings (SSSR count). The Hall–Kier alpha value is -7.69. The Bertz CT molecular complexity index is 3740. The zero-order valence-corrected chi connectivity index (χ0v) is 52.5. The third-order valence-electron chi connectivity index (χ3n) is 15.8. The first-order valence-electron chi connectivity index (χ1n) is 29.4. The second kappa shape index (κ2) is 28.0. The molecule has 0 bridgehead atoms. The van der Waals surface area contributed by atoms with Crippen LogP contribution in [0.1, 0.15) is 139 Å². The molecule has 454 valence electrons. The summed E-state index contributed by atoms with van der Waals surface area (Å²) in [5.41, 5.74) is 9.17. The molecule has 87 heavy (non-hydrogen) atoms. The lowest BCUT2D eigenvalue weighted by Gasteiger charge is -2.35. The first-order valence-corrected chi connectivity index (χ1v) is 32.3. The fraction of sp³-hybridized carbons (Fsp3) is 0.385. The minimum absolute atomic E-state index is 0.00662. The number of aliphatic hydroxyl groups is 1. The molecule has 18 nitrogen and oxygen atoms in total. The molecule has 0 spiro atoms. The van der Waals surface area contributed by atoms with Crippen LogP contribution >= 0.6 is 45.6 Å². The molecule has 2 aliphatic rings. The number of fused-ring (bicyclic) bond motifs is 2. The molecule has 1 fully saturated rings. The van der Waals surface area contributed by atoms with E-state index in [9.17, 15) is 34.2 Å². The van der Waals surface area contributed by atoms with Crippen molar-refractivity contribution < 1.29 is 38.9 Å². The predicted octanol–water partition coefficient (Wildman–Crippen LogP) is 12.1. The van der Waals surface area contributed by atoms with Crippen LogP contribution in [0.4, 0.5) is 10.3 Å². The molecule has 0 radical (unpaired) electrons. The Balaban J connectivity index is 0.630. The number of aryl methyl sites for hydroxylation is 3. The second-order valence-electron chi connectivity index (χ2n) is 23.3. The summed E-state index contributed by atoms with van der Waals surface area (Å²) < 4.78 is 7.06. The fourth-order valence-electron chi connectivity index (χ4n) is 11.1. The number of hydrogen-bond acceptors (Lipinski definition) is 16. The topological polar surface area (TPSA) is 242 Å². The van der Waals surface area contributed by atoms with Gasteiger partial charge in [-0.2, -0.15) is 0 Å². The Kier molecular flexibility index (Phi) is 20.1. The van der Waals surface area contributed by atoms with Crippen LogP contribution in [0.15, 0.2) is 103 Å². The van der Waals surface area contributed by atoms with E-state index in [2.05, 4.69) is 40.9 Å². The fourth-order valence-corrected chi connectivity index (χ4v) is 14.1. The zero-order valence-electron chi connectivity index (χ0n) is 49.3. The van der Waals surface area contributed by atoms with E-state index in [1.54, 1.807) is 23.5 Å². The Morgan fingerprint density at radius 3 is 2.34 bits per heavy atom. The Labute approximate surface area is 522 Å². The summed E-state index contributed by atoms with van der Waals surface area (Å²) in [5, 5.41) is 31.4. The molecule has 4 atom stereocenters. The molecule has 6 heterocycles. The molecule has 1 saturated heterocycles. The number of aromatic nitrogens is 5. The molecular weight excluding hydrogens is 1180 g/mol. The number of nitrogens with zero attached hydrogens (tertiary/aromatic N) is 7. The van der Waals surface area contributed by atoms with Gasteiger partial charge in [0.2, 0.25) is 17.7 Å². The molecule has 4 amide bonds. The monoisotopic (exact) mass is 1250 g/mol. The lowest BCUT2D eigenvalue weighted by molar-refractivity contribution is -0.144. The van der Waals surface area contributed by atoms with Gasteiger partial charge in [0, 0.05) is 60.9 Å². The minimum atomic E-state index is -1.10. The van der Waals surface area contributed by atoms with Gasteiger partial charge < -0.3 is 35.4 Å². The first-order chi connectivity index (χ1) is 41.9. The number of nitrogens with one attached hydrogen (secondary N) is 3. The van der Waals surface area contributed by atoms with Gasteiger partial charge in [0.15, 0.2) is 21.8 Å². The molecule has 22 heteroatoms. The van der Waals surface area contributed by atoms with Gasteiger partial charge in [-0.05, 0) is 122 Å². The number of hydrogen-bond donors (Lipinski definition) is 5. The molecule has 5 N–H and O–H groups in total. The van der Waals surface area contributed by atoms with Gasteiger partial charge >= 0.3 is 5.97 Å².